The Bertz CT molecular complexity index is 1230. The van der Waals surface area contributed by atoms with E-state index in [9.17, 15) is 23.2 Å². The number of anilines is 2. The van der Waals surface area contributed by atoms with E-state index in [1.807, 2.05) is 24.3 Å². The van der Waals surface area contributed by atoms with Gasteiger partial charge in [-0.15, -0.1) is 0 Å². The van der Waals surface area contributed by atoms with Gasteiger partial charge in [0, 0.05) is 42.5 Å². The first-order valence-corrected chi connectivity index (χ1v) is 11.0. The fraction of sp³-hybridized carbons (Fsp3) is 0.192. The highest BCUT2D eigenvalue weighted by molar-refractivity contribution is 6.07. The maximum Gasteiger partial charge on any atom is 0.258 e. The minimum Gasteiger partial charge on any atom is -0.352 e. The normalized spacial score (nSPS) is 12.2. The van der Waals surface area contributed by atoms with Crippen molar-refractivity contribution in [1.82, 2.24) is 5.32 Å². The first-order chi connectivity index (χ1) is 16.4. The van der Waals surface area contributed by atoms with Crippen molar-refractivity contribution in [2.75, 3.05) is 23.3 Å². The summed E-state index contributed by atoms with van der Waals surface area (Å²) in [5.41, 5.74) is 2.92. The second-order valence-corrected chi connectivity index (χ2v) is 7.94. The van der Waals surface area contributed by atoms with Crippen LogP contribution in [0, 0.1) is 11.6 Å². The molecule has 0 bridgehead atoms. The maximum atomic E-state index is 13.6. The molecule has 0 radical (unpaired) electrons. The number of rotatable bonds is 7. The average Bonchev–Trinajstić information content (AvgIpc) is 3.26. The van der Waals surface area contributed by atoms with Crippen molar-refractivity contribution in [3.05, 3.63) is 95.1 Å². The zero-order valence-electron chi connectivity index (χ0n) is 18.3. The van der Waals surface area contributed by atoms with Crippen molar-refractivity contribution in [2.24, 2.45) is 0 Å². The molecule has 1 aliphatic rings. The summed E-state index contributed by atoms with van der Waals surface area (Å²) >= 11 is 0. The third kappa shape index (κ3) is 5.28. The Labute approximate surface area is 195 Å². The summed E-state index contributed by atoms with van der Waals surface area (Å²) in [4.78, 5) is 38.8. The molecule has 4 rings (SSSR count). The molecular formula is C26H23F2N3O3. The van der Waals surface area contributed by atoms with E-state index >= 15 is 0 Å². The van der Waals surface area contributed by atoms with Gasteiger partial charge >= 0.3 is 0 Å². The Morgan fingerprint density at radius 2 is 1.71 bits per heavy atom. The minimum atomic E-state index is -0.939. The highest BCUT2D eigenvalue weighted by Gasteiger charge is 2.25. The van der Waals surface area contributed by atoms with Gasteiger partial charge in [0.15, 0.2) is 0 Å². The zero-order valence-corrected chi connectivity index (χ0v) is 18.3. The van der Waals surface area contributed by atoms with Crippen molar-refractivity contribution in [3.63, 3.8) is 0 Å². The van der Waals surface area contributed by atoms with Gasteiger partial charge in [0.1, 0.15) is 11.6 Å². The third-order valence-electron chi connectivity index (χ3n) is 5.59. The molecule has 174 valence electrons. The second kappa shape index (κ2) is 10.2. The van der Waals surface area contributed by atoms with E-state index in [-0.39, 0.29) is 30.3 Å². The van der Waals surface area contributed by atoms with Crippen molar-refractivity contribution in [3.8, 4) is 0 Å². The molecule has 2 N–H and O–H groups in total. The largest absolute Gasteiger partial charge is 0.352 e. The zero-order chi connectivity index (χ0) is 24.1. The van der Waals surface area contributed by atoms with Gasteiger partial charge < -0.3 is 15.5 Å². The van der Waals surface area contributed by atoms with Gasteiger partial charge in [-0.25, -0.2) is 8.78 Å². The molecule has 3 aromatic carbocycles. The number of benzene rings is 3. The van der Waals surface area contributed by atoms with Crippen LogP contribution in [0.1, 0.15) is 39.1 Å². The molecule has 0 aromatic heterocycles. The number of nitrogens with zero attached hydrogens (tertiary/aromatic N) is 1. The van der Waals surface area contributed by atoms with E-state index in [2.05, 4.69) is 10.6 Å². The van der Waals surface area contributed by atoms with Gasteiger partial charge in [-0.2, -0.15) is 0 Å². The van der Waals surface area contributed by atoms with Crippen molar-refractivity contribution in [1.29, 1.82) is 0 Å². The topological polar surface area (TPSA) is 78.5 Å². The molecule has 0 fully saturated rings. The number of carbonyl (C=O) groups is 3. The number of hydrogen-bond acceptors (Lipinski definition) is 3. The molecule has 3 aromatic rings. The average molecular weight is 463 g/mol. The maximum absolute atomic E-state index is 13.6. The molecule has 8 heteroatoms. The van der Waals surface area contributed by atoms with E-state index in [1.165, 1.54) is 0 Å². The van der Waals surface area contributed by atoms with Gasteiger partial charge in [0.2, 0.25) is 5.91 Å². The van der Waals surface area contributed by atoms with Gasteiger partial charge in [0.25, 0.3) is 11.8 Å². The van der Waals surface area contributed by atoms with Crippen LogP contribution < -0.4 is 15.5 Å². The van der Waals surface area contributed by atoms with Crippen LogP contribution in [0.25, 0.3) is 0 Å². The van der Waals surface area contributed by atoms with Gasteiger partial charge in [-0.3, -0.25) is 14.4 Å². The molecule has 3 amide bonds. The number of carbonyl (C=O) groups excluding carboxylic acids is 3. The number of halogens is 2. The molecular weight excluding hydrogens is 440 g/mol. The lowest BCUT2D eigenvalue weighted by Gasteiger charge is -2.17. The van der Waals surface area contributed by atoms with Crippen LogP contribution in [0.15, 0.2) is 66.7 Å². The highest BCUT2D eigenvalue weighted by Crippen LogP contribution is 2.29. The lowest BCUT2D eigenvalue weighted by Crippen LogP contribution is -2.28. The summed E-state index contributed by atoms with van der Waals surface area (Å²) < 4.78 is 26.6. The number of fused-ring (bicyclic) bond motifs is 1. The fourth-order valence-corrected chi connectivity index (χ4v) is 3.84. The Balaban J connectivity index is 1.23. The summed E-state index contributed by atoms with van der Waals surface area (Å²) in [6.45, 7) is 0.800. The molecule has 1 heterocycles. The predicted molar refractivity (Wildman–Crippen MR) is 125 cm³/mol. The SMILES string of the molecule is O=C(CCCNC(=O)c1ccc(F)cc1F)Nc1ccc(C(=O)N2CCc3ccccc32)cc1. The summed E-state index contributed by atoms with van der Waals surface area (Å²) in [6, 6.07) is 17.3. The number of para-hydroxylation sites is 1. The molecule has 0 unspecified atom stereocenters. The van der Waals surface area contributed by atoms with Crippen LogP contribution in [0.2, 0.25) is 0 Å². The standard InChI is InChI=1S/C26H23F2N3O3/c27-19-9-12-21(22(28)16-19)25(33)29-14-3-6-24(32)30-20-10-7-18(8-11-20)26(34)31-15-13-17-4-1-2-5-23(17)31/h1-2,4-5,7-12,16H,3,6,13-15H2,(H,29,33)(H,30,32). The van der Waals surface area contributed by atoms with Crippen molar-refractivity contribution >= 4 is 29.1 Å². The molecule has 6 nitrogen and oxygen atoms in total. The Morgan fingerprint density at radius 3 is 2.47 bits per heavy atom. The van der Waals surface area contributed by atoms with Crippen LogP contribution in [0.5, 0.6) is 0 Å². The third-order valence-corrected chi connectivity index (χ3v) is 5.59. The second-order valence-electron chi connectivity index (χ2n) is 7.94. The first kappa shape index (κ1) is 23.1. The van der Waals surface area contributed by atoms with Crippen LogP contribution in [0.3, 0.4) is 0 Å². The molecule has 0 aliphatic carbocycles. The van der Waals surface area contributed by atoms with Crippen molar-refractivity contribution in [2.45, 2.75) is 19.3 Å². The predicted octanol–water partition coefficient (Wildman–Crippen LogP) is 4.32. The van der Waals surface area contributed by atoms with Crippen molar-refractivity contribution < 1.29 is 23.2 Å². The number of nitrogens with one attached hydrogen (secondary N) is 2. The van der Waals surface area contributed by atoms with Gasteiger partial charge in [0.05, 0.1) is 5.56 Å². The lowest BCUT2D eigenvalue weighted by molar-refractivity contribution is -0.116. The summed E-state index contributed by atoms with van der Waals surface area (Å²) in [7, 11) is 0. The summed E-state index contributed by atoms with van der Waals surface area (Å²) in [5, 5.41) is 5.26. The Kier molecular flexibility index (Phi) is 6.96. The Hall–Kier alpha value is -4.07. The monoisotopic (exact) mass is 463 g/mol. The van der Waals surface area contributed by atoms with Gasteiger partial charge in [-0.1, -0.05) is 18.2 Å². The quantitative estimate of drug-likeness (QED) is 0.513. The smallest absolute Gasteiger partial charge is 0.258 e. The molecule has 34 heavy (non-hydrogen) atoms. The summed E-state index contributed by atoms with van der Waals surface area (Å²) in [6.07, 6.45) is 1.30. The molecule has 0 atom stereocenters. The first-order valence-electron chi connectivity index (χ1n) is 11.0. The Morgan fingerprint density at radius 1 is 0.941 bits per heavy atom. The minimum absolute atomic E-state index is 0.0869. The van der Waals surface area contributed by atoms with E-state index in [4.69, 9.17) is 0 Å². The van der Waals surface area contributed by atoms with E-state index in [1.54, 1.807) is 29.2 Å². The number of amides is 3. The van der Waals surface area contributed by atoms with Crippen LogP contribution >= 0.6 is 0 Å². The molecule has 0 saturated carbocycles. The fourth-order valence-electron chi connectivity index (χ4n) is 3.84. The molecule has 0 saturated heterocycles. The van der Waals surface area contributed by atoms with Crippen LogP contribution in [-0.4, -0.2) is 30.8 Å². The highest BCUT2D eigenvalue weighted by atomic mass is 19.1. The van der Waals surface area contributed by atoms with E-state index < -0.39 is 17.5 Å². The van der Waals surface area contributed by atoms with Gasteiger partial charge in [-0.05, 0) is 60.9 Å². The number of hydrogen-bond donors (Lipinski definition) is 2. The molecule has 1 aliphatic heterocycles. The van der Waals surface area contributed by atoms with Crippen LogP contribution in [0.4, 0.5) is 20.2 Å². The van der Waals surface area contributed by atoms with Crippen LogP contribution in [-0.2, 0) is 11.2 Å². The van der Waals surface area contributed by atoms with E-state index in [0.29, 0.717) is 30.3 Å². The molecule has 0 spiro atoms. The van der Waals surface area contributed by atoms with E-state index in [0.717, 1.165) is 29.8 Å². The summed E-state index contributed by atoms with van der Waals surface area (Å²) in [5.74, 6) is -2.71. The lowest BCUT2D eigenvalue weighted by atomic mass is 10.1.